The number of aliphatic imine (C=N–C) groups is 4. The van der Waals surface area contributed by atoms with Crippen LogP contribution in [0.3, 0.4) is 0 Å². The molecule has 5 aliphatic rings. The maximum Gasteiger partial charge on any atom is 0.0737 e. The van der Waals surface area contributed by atoms with Crippen LogP contribution in [0, 0.1) is 0 Å². The molecule has 6 heterocycles. The van der Waals surface area contributed by atoms with Crippen LogP contribution in [-0.2, 0) is 0 Å². The summed E-state index contributed by atoms with van der Waals surface area (Å²) >= 11 is 0. The van der Waals surface area contributed by atoms with E-state index in [1.54, 1.807) is 12.4 Å². The third-order valence-electron chi connectivity index (χ3n) is 5.03. The first kappa shape index (κ1) is 16.7. The Morgan fingerprint density at radius 3 is 1.60 bits per heavy atom. The summed E-state index contributed by atoms with van der Waals surface area (Å²) in [6.07, 6.45) is 25.6. The normalized spacial score (nSPS) is 20.7. The summed E-state index contributed by atoms with van der Waals surface area (Å²) in [6, 6.07) is 3.98. The summed E-state index contributed by atoms with van der Waals surface area (Å²) < 4.78 is 0. The molecule has 6 rings (SSSR count). The largest absolute Gasteiger partial charge is 0.265 e. The maximum atomic E-state index is 4.85. The van der Waals surface area contributed by atoms with E-state index in [0.717, 1.165) is 56.8 Å². The Bertz CT molecular complexity index is 1350. The molecule has 0 spiro atoms. The zero-order chi connectivity index (χ0) is 19.9. The summed E-state index contributed by atoms with van der Waals surface area (Å²) in [5, 5.41) is 0. The van der Waals surface area contributed by atoms with Gasteiger partial charge in [0.25, 0.3) is 0 Å². The number of fused-ring (bicyclic) bond motifs is 4. The molecule has 0 amide bonds. The quantitative estimate of drug-likeness (QED) is 0.702. The summed E-state index contributed by atoms with van der Waals surface area (Å²) in [4.78, 5) is 23.0. The molecule has 0 atom stereocenters. The number of hydrogen-bond acceptors (Lipinski definition) is 5. The van der Waals surface area contributed by atoms with Crippen LogP contribution in [0.1, 0.15) is 5.56 Å². The van der Waals surface area contributed by atoms with E-state index in [1.165, 1.54) is 0 Å². The Morgan fingerprint density at radius 1 is 0.467 bits per heavy atom. The van der Waals surface area contributed by atoms with Crippen LogP contribution in [0.4, 0.5) is 0 Å². The number of aromatic nitrogens is 1. The van der Waals surface area contributed by atoms with Crippen molar-refractivity contribution in [3.63, 3.8) is 0 Å². The van der Waals surface area contributed by atoms with Gasteiger partial charge in [0.2, 0.25) is 0 Å². The molecule has 30 heavy (non-hydrogen) atoms. The van der Waals surface area contributed by atoms with Crippen molar-refractivity contribution in [2.45, 2.75) is 0 Å². The van der Waals surface area contributed by atoms with Gasteiger partial charge in [-0.1, -0.05) is 0 Å². The molecule has 5 nitrogen and oxygen atoms in total. The van der Waals surface area contributed by atoms with Crippen molar-refractivity contribution in [1.29, 1.82) is 0 Å². The summed E-state index contributed by atoms with van der Waals surface area (Å²) in [7, 11) is 0. The zero-order valence-electron chi connectivity index (χ0n) is 15.9. The van der Waals surface area contributed by atoms with Gasteiger partial charge in [-0.2, -0.15) is 0 Å². The number of nitrogens with zero attached hydrogens (tertiary/aromatic N) is 5. The predicted octanol–water partition coefficient (Wildman–Crippen LogP) is 4.50. The minimum absolute atomic E-state index is 0.858. The second-order valence-corrected chi connectivity index (χ2v) is 7.18. The van der Waals surface area contributed by atoms with Crippen molar-refractivity contribution < 1.29 is 0 Å². The van der Waals surface area contributed by atoms with Gasteiger partial charge in [0.15, 0.2) is 0 Å². The first-order valence-electron chi connectivity index (χ1n) is 9.67. The zero-order valence-corrected chi connectivity index (χ0v) is 15.9. The molecule has 0 N–H and O–H groups in total. The van der Waals surface area contributed by atoms with Crippen LogP contribution in [0.25, 0.3) is 5.57 Å². The molecule has 1 aromatic rings. The van der Waals surface area contributed by atoms with Gasteiger partial charge < -0.3 is 0 Å². The van der Waals surface area contributed by atoms with Gasteiger partial charge in [-0.15, -0.1) is 0 Å². The Labute approximate surface area is 173 Å². The van der Waals surface area contributed by atoms with E-state index in [0.29, 0.717) is 0 Å². The predicted molar refractivity (Wildman–Crippen MR) is 122 cm³/mol. The highest BCUT2D eigenvalue weighted by Crippen LogP contribution is 2.28. The molecular weight excluding hydrogens is 370 g/mol. The van der Waals surface area contributed by atoms with Crippen molar-refractivity contribution in [3.05, 3.63) is 120 Å². The standard InChI is InChI=1S/C25H15N5/c1-2-18-12-20-5-6-22(29-20)15-25-24(16-7-9-26-10-8-16)14-23(30-25)13-21-4-3-19(28-21)11-17(1)27-18/h1-15H. The highest BCUT2D eigenvalue weighted by Gasteiger charge is 2.18. The Balaban J connectivity index is 1.51. The number of hydrogen-bond donors (Lipinski definition) is 0. The molecule has 1 aromatic heterocycles. The van der Waals surface area contributed by atoms with E-state index < -0.39 is 0 Å². The number of pyridine rings is 1. The van der Waals surface area contributed by atoms with Gasteiger partial charge in [-0.3, -0.25) is 4.98 Å². The lowest BCUT2D eigenvalue weighted by Crippen LogP contribution is -1.96. The Morgan fingerprint density at radius 2 is 1.00 bits per heavy atom. The van der Waals surface area contributed by atoms with Crippen LogP contribution < -0.4 is 0 Å². The molecule has 0 saturated heterocycles. The maximum absolute atomic E-state index is 4.85. The first-order chi connectivity index (χ1) is 14.8. The van der Waals surface area contributed by atoms with E-state index >= 15 is 0 Å². The third kappa shape index (κ3) is 3.12. The molecule has 140 valence electrons. The molecule has 5 heteroatoms. The average Bonchev–Trinajstić information content (AvgIpc) is 3.53. The summed E-state index contributed by atoms with van der Waals surface area (Å²) in [6.45, 7) is 0. The molecule has 0 aliphatic carbocycles. The van der Waals surface area contributed by atoms with Crippen LogP contribution in [0.2, 0.25) is 0 Å². The fraction of sp³-hybridized carbons (Fsp3) is 0. The fourth-order valence-corrected chi connectivity index (χ4v) is 3.66. The molecule has 5 aliphatic heterocycles. The Kier molecular flexibility index (Phi) is 3.71. The molecule has 0 fully saturated rings. The smallest absolute Gasteiger partial charge is 0.0737 e. The highest BCUT2D eigenvalue weighted by molar-refractivity contribution is 6.32. The van der Waals surface area contributed by atoms with Crippen molar-refractivity contribution in [3.8, 4) is 0 Å². The minimum atomic E-state index is 0.858. The molecule has 0 unspecified atom stereocenters. The summed E-state index contributed by atoms with van der Waals surface area (Å²) in [5.74, 6) is 0. The van der Waals surface area contributed by atoms with Crippen LogP contribution in [-0.4, -0.2) is 27.8 Å². The van der Waals surface area contributed by atoms with Crippen molar-refractivity contribution >= 4 is 28.4 Å². The Hall–Kier alpha value is -4.25. The van der Waals surface area contributed by atoms with Crippen LogP contribution >= 0.6 is 0 Å². The minimum Gasteiger partial charge on any atom is -0.265 e. The number of rotatable bonds is 1. The lowest BCUT2D eigenvalue weighted by molar-refractivity contribution is 1.32. The van der Waals surface area contributed by atoms with Crippen LogP contribution in [0.5, 0.6) is 0 Å². The molecular formula is C25H15N5. The average molecular weight is 385 g/mol. The van der Waals surface area contributed by atoms with Crippen LogP contribution in [0.15, 0.2) is 134 Å². The lowest BCUT2D eigenvalue weighted by atomic mass is 10.0. The SMILES string of the molecule is C1=CC2=NC1=CC1=NC(=CC3=NC(=CC4=NC(=C2)C=C4)C=C3c2ccncc2)C=C1. The molecule has 0 aromatic carbocycles. The van der Waals surface area contributed by atoms with Gasteiger partial charge in [0, 0.05) is 18.0 Å². The van der Waals surface area contributed by atoms with E-state index in [9.17, 15) is 0 Å². The van der Waals surface area contributed by atoms with Crippen molar-refractivity contribution in [2.24, 2.45) is 20.0 Å². The molecule has 0 radical (unpaired) electrons. The van der Waals surface area contributed by atoms with E-state index in [-0.39, 0.29) is 0 Å². The van der Waals surface area contributed by atoms with Crippen molar-refractivity contribution in [2.75, 3.05) is 0 Å². The lowest BCUT2D eigenvalue weighted by Gasteiger charge is -2.02. The second-order valence-electron chi connectivity index (χ2n) is 7.18. The fourth-order valence-electron chi connectivity index (χ4n) is 3.66. The first-order valence-corrected chi connectivity index (χ1v) is 9.67. The highest BCUT2D eigenvalue weighted by atomic mass is 14.8. The third-order valence-corrected chi connectivity index (χ3v) is 5.03. The van der Waals surface area contributed by atoms with Gasteiger partial charge in [0.05, 0.1) is 45.6 Å². The van der Waals surface area contributed by atoms with Gasteiger partial charge >= 0.3 is 0 Å². The van der Waals surface area contributed by atoms with Gasteiger partial charge in [-0.25, -0.2) is 20.0 Å². The molecule has 0 saturated carbocycles. The van der Waals surface area contributed by atoms with Gasteiger partial charge in [0.1, 0.15) is 0 Å². The van der Waals surface area contributed by atoms with E-state index in [2.05, 4.69) is 21.0 Å². The molecule has 8 bridgehead atoms. The topological polar surface area (TPSA) is 62.3 Å². The van der Waals surface area contributed by atoms with Crippen molar-refractivity contribution in [1.82, 2.24) is 4.98 Å². The summed E-state index contributed by atoms with van der Waals surface area (Å²) in [5.41, 5.74) is 9.07. The monoisotopic (exact) mass is 385 g/mol. The second kappa shape index (κ2) is 6.67. The van der Waals surface area contributed by atoms with Gasteiger partial charge in [-0.05, 0) is 84.5 Å². The van der Waals surface area contributed by atoms with E-state index in [1.807, 2.05) is 72.9 Å². The number of allylic oxidation sites excluding steroid dienone is 12. The van der Waals surface area contributed by atoms with E-state index in [4.69, 9.17) is 9.98 Å².